The zero-order valence-electron chi connectivity index (χ0n) is 20.5. The molecule has 0 radical (unpaired) electrons. The Kier molecular flexibility index (Phi) is 7.09. The third-order valence-corrected chi connectivity index (χ3v) is 6.18. The van der Waals surface area contributed by atoms with Gasteiger partial charge in [-0.05, 0) is 56.5 Å². The SMILES string of the molecule is Cc1[nH]c(=O)c(Cl)c(OCc2ccc(F)cc2F)c1Cc1ccc2c(c1)CN(C(=O)OC(C)(C)C)C2. The topological polar surface area (TPSA) is 71.6 Å². The number of nitrogens with one attached hydrogen (secondary N) is 1. The Labute approximate surface area is 212 Å². The molecule has 1 amide bonds. The number of aryl methyl sites for hydroxylation is 1. The molecule has 1 aliphatic heterocycles. The Morgan fingerprint density at radius 2 is 1.83 bits per heavy atom. The van der Waals surface area contributed by atoms with Crippen molar-refractivity contribution in [1.82, 2.24) is 9.88 Å². The molecule has 190 valence electrons. The molecule has 2 heterocycles. The largest absolute Gasteiger partial charge is 0.487 e. The maximum Gasteiger partial charge on any atom is 0.410 e. The average Bonchev–Trinajstić information content (AvgIpc) is 3.21. The highest BCUT2D eigenvalue weighted by atomic mass is 35.5. The number of halogens is 3. The number of pyridine rings is 1. The first kappa shape index (κ1) is 25.7. The summed E-state index contributed by atoms with van der Waals surface area (Å²) in [6, 6.07) is 9.11. The van der Waals surface area contributed by atoms with Crippen molar-refractivity contribution < 1.29 is 23.0 Å². The van der Waals surface area contributed by atoms with Gasteiger partial charge in [-0.25, -0.2) is 13.6 Å². The molecule has 2 aromatic carbocycles. The van der Waals surface area contributed by atoms with Crippen LogP contribution in [0.15, 0.2) is 41.2 Å². The molecule has 36 heavy (non-hydrogen) atoms. The maximum absolute atomic E-state index is 14.1. The number of ether oxygens (including phenoxy) is 2. The van der Waals surface area contributed by atoms with E-state index in [2.05, 4.69) is 4.98 Å². The van der Waals surface area contributed by atoms with E-state index in [1.165, 1.54) is 6.07 Å². The lowest BCUT2D eigenvalue weighted by Crippen LogP contribution is -2.33. The summed E-state index contributed by atoms with van der Waals surface area (Å²) >= 11 is 6.29. The lowest BCUT2D eigenvalue weighted by atomic mass is 9.99. The van der Waals surface area contributed by atoms with Crippen LogP contribution in [0.4, 0.5) is 13.6 Å². The number of fused-ring (bicyclic) bond motifs is 1. The summed E-state index contributed by atoms with van der Waals surface area (Å²) in [4.78, 5) is 29.2. The van der Waals surface area contributed by atoms with Gasteiger partial charge in [-0.15, -0.1) is 0 Å². The second-order valence-electron chi connectivity index (χ2n) is 9.84. The zero-order chi connectivity index (χ0) is 26.2. The Morgan fingerprint density at radius 1 is 1.11 bits per heavy atom. The Morgan fingerprint density at radius 3 is 2.53 bits per heavy atom. The van der Waals surface area contributed by atoms with Crippen molar-refractivity contribution in [1.29, 1.82) is 0 Å². The normalized spacial score (nSPS) is 13.0. The number of nitrogens with zero attached hydrogens (tertiary/aromatic N) is 1. The molecule has 0 saturated heterocycles. The van der Waals surface area contributed by atoms with Crippen molar-refractivity contribution in [3.8, 4) is 5.75 Å². The van der Waals surface area contributed by atoms with Gasteiger partial charge >= 0.3 is 6.09 Å². The lowest BCUT2D eigenvalue weighted by molar-refractivity contribution is 0.0242. The van der Waals surface area contributed by atoms with E-state index in [9.17, 15) is 18.4 Å². The number of H-pyrrole nitrogens is 1. The van der Waals surface area contributed by atoms with Crippen molar-refractivity contribution in [3.63, 3.8) is 0 Å². The Bertz CT molecular complexity index is 1380. The number of hydrogen-bond donors (Lipinski definition) is 1. The number of carbonyl (C=O) groups is 1. The van der Waals surface area contributed by atoms with Crippen LogP contribution in [0.1, 0.15) is 54.3 Å². The summed E-state index contributed by atoms with van der Waals surface area (Å²) in [6.45, 7) is 7.88. The molecule has 0 bridgehead atoms. The molecule has 1 aliphatic rings. The van der Waals surface area contributed by atoms with E-state index < -0.39 is 22.8 Å². The fourth-order valence-corrected chi connectivity index (χ4v) is 4.29. The number of benzene rings is 2. The van der Waals surface area contributed by atoms with Crippen LogP contribution in [0.2, 0.25) is 5.02 Å². The molecule has 3 aromatic rings. The van der Waals surface area contributed by atoms with Crippen LogP contribution in [-0.4, -0.2) is 21.6 Å². The second kappa shape index (κ2) is 9.93. The fourth-order valence-electron chi connectivity index (χ4n) is 4.08. The molecule has 0 spiro atoms. The molecule has 6 nitrogen and oxygen atoms in total. The van der Waals surface area contributed by atoms with Crippen LogP contribution >= 0.6 is 11.6 Å². The summed E-state index contributed by atoms with van der Waals surface area (Å²) in [5, 5.41) is -0.143. The van der Waals surface area contributed by atoms with Crippen LogP contribution < -0.4 is 10.3 Å². The minimum absolute atomic E-state index is 0.135. The molecule has 9 heteroatoms. The monoisotopic (exact) mass is 516 g/mol. The number of aromatic nitrogens is 1. The molecule has 1 aromatic heterocycles. The van der Waals surface area contributed by atoms with Gasteiger partial charge in [-0.1, -0.05) is 29.8 Å². The van der Waals surface area contributed by atoms with Crippen molar-refractivity contribution in [2.24, 2.45) is 0 Å². The average molecular weight is 517 g/mol. The van der Waals surface area contributed by atoms with Crippen LogP contribution in [-0.2, 0) is 30.9 Å². The molecule has 0 aliphatic carbocycles. The smallest absolute Gasteiger partial charge is 0.410 e. The van der Waals surface area contributed by atoms with Gasteiger partial charge in [0.15, 0.2) is 0 Å². The molecule has 4 rings (SSSR count). The van der Waals surface area contributed by atoms with Gasteiger partial charge in [-0.3, -0.25) is 9.69 Å². The van der Waals surface area contributed by atoms with Crippen LogP contribution in [0.25, 0.3) is 0 Å². The summed E-state index contributed by atoms with van der Waals surface area (Å²) in [6.07, 6.45) is 0.00995. The Hall–Kier alpha value is -3.39. The third kappa shape index (κ3) is 5.70. The van der Waals surface area contributed by atoms with Gasteiger partial charge in [0.1, 0.15) is 34.6 Å². The highest BCUT2D eigenvalue weighted by Crippen LogP contribution is 2.32. The minimum atomic E-state index is -0.748. The van der Waals surface area contributed by atoms with Crippen molar-refractivity contribution in [2.45, 2.75) is 59.4 Å². The van der Waals surface area contributed by atoms with E-state index in [-0.39, 0.29) is 29.0 Å². The summed E-state index contributed by atoms with van der Waals surface area (Å²) in [5.41, 5.74) is 3.20. The van der Waals surface area contributed by atoms with Gasteiger partial charge in [0.2, 0.25) is 0 Å². The molecular weight excluding hydrogens is 490 g/mol. The molecule has 1 N–H and O–H groups in total. The zero-order valence-corrected chi connectivity index (χ0v) is 21.3. The fraction of sp³-hybridized carbons (Fsp3) is 0.333. The van der Waals surface area contributed by atoms with Crippen LogP contribution in [0.3, 0.4) is 0 Å². The van der Waals surface area contributed by atoms with E-state index in [1.807, 2.05) is 39.0 Å². The summed E-state index contributed by atoms with van der Waals surface area (Å²) in [7, 11) is 0. The van der Waals surface area contributed by atoms with E-state index in [1.54, 1.807) is 11.8 Å². The Balaban J connectivity index is 1.57. The second-order valence-corrected chi connectivity index (χ2v) is 10.2. The minimum Gasteiger partial charge on any atom is -0.487 e. The maximum atomic E-state index is 14.1. The first-order valence-electron chi connectivity index (χ1n) is 11.5. The van der Waals surface area contributed by atoms with Crippen molar-refractivity contribution >= 4 is 17.7 Å². The van der Waals surface area contributed by atoms with Crippen molar-refractivity contribution in [3.05, 3.63) is 96.9 Å². The number of amides is 1. The van der Waals surface area contributed by atoms with Gasteiger partial charge < -0.3 is 14.5 Å². The quantitative estimate of drug-likeness (QED) is 0.449. The van der Waals surface area contributed by atoms with E-state index >= 15 is 0 Å². The first-order chi connectivity index (χ1) is 16.9. The molecule has 0 fully saturated rings. The molecular formula is C27H27ClF2N2O4. The first-order valence-corrected chi connectivity index (χ1v) is 11.9. The number of rotatable bonds is 5. The highest BCUT2D eigenvalue weighted by Gasteiger charge is 2.28. The predicted molar refractivity (Wildman–Crippen MR) is 132 cm³/mol. The summed E-state index contributed by atoms with van der Waals surface area (Å²) in [5.74, 6) is -1.29. The van der Waals surface area contributed by atoms with Crippen molar-refractivity contribution in [2.75, 3.05) is 0 Å². The standard InChI is InChI=1S/C27H27ClF2N2O4/c1-15-21(24(23(28)25(33)31-15)35-14-18-7-8-20(29)11-22(18)30)10-16-5-6-17-12-32(13-19(17)9-16)26(34)36-27(2,3)4/h5-9,11H,10,12-14H2,1-4H3,(H,31,33). The predicted octanol–water partition coefficient (Wildman–Crippen LogP) is 6.04. The third-order valence-electron chi connectivity index (χ3n) is 5.84. The lowest BCUT2D eigenvalue weighted by Gasteiger charge is -2.24. The number of hydrogen-bond acceptors (Lipinski definition) is 4. The number of aromatic amines is 1. The molecule has 0 unspecified atom stereocenters. The van der Waals surface area contributed by atoms with Gasteiger partial charge in [0.25, 0.3) is 5.56 Å². The van der Waals surface area contributed by atoms with Crippen LogP contribution in [0.5, 0.6) is 5.75 Å². The molecule has 0 atom stereocenters. The van der Waals surface area contributed by atoms with Crippen LogP contribution in [0, 0.1) is 18.6 Å². The summed E-state index contributed by atoms with van der Waals surface area (Å²) < 4.78 is 38.7. The van der Waals surface area contributed by atoms with Gasteiger partial charge in [0.05, 0.1) is 0 Å². The van der Waals surface area contributed by atoms with E-state index in [0.717, 1.165) is 28.8 Å². The highest BCUT2D eigenvalue weighted by molar-refractivity contribution is 6.32. The van der Waals surface area contributed by atoms with Gasteiger partial charge in [-0.2, -0.15) is 0 Å². The van der Waals surface area contributed by atoms with E-state index in [0.29, 0.717) is 30.8 Å². The number of carbonyl (C=O) groups excluding carboxylic acids is 1. The van der Waals surface area contributed by atoms with E-state index in [4.69, 9.17) is 21.1 Å². The molecule has 0 saturated carbocycles. The van der Waals surface area contributed by atoms with Gasteiger partial charge in [0, 0.05) is 42.4 Å².